The summed E-state index contributed by atoms with van der Waals surface area (Å²) < 4.78 is 4.88. The third-order valence-corrected chi connectivity index (χ3v) is 1.47. The molecule has 0 aromatic carbocycles. The van der Waals surface area contributed by atoms with Gasteiger partial charge in [-0.1, -0.05) is 0 Å². The van der Waals surface area contributed by atoms with Crippen LogP contribution in [0.15, 0.2) is 0 Å². The molecule has 2 atom stereocenters. The van der Waals surface area contributed by atoms with Gasteiger partial charge < -0.3 is 20.3 Å². The summed E-state index contributed by atoms with van der Waals surface area (Å²) in [6, 6.07) is -0.905. The van der Waals surface area contributed by atoms with Crippen molar-refractivity contribution in [3.63, 3.8) is 0 Å². The fourth-order valence-electron chi connectivity index (χ4n) is 0.786. The van der Waals surface area contributed by atoms with Crippen LogP contribution in [0.5, 0.6) is 0 Å². The normalized spacial score (nSPS) is 15.3. The molecule has 0 aliphatic rings. The van der Waals surface area contributed by atoms with E-state index in [0.29, 0.717) is 0 Å². The monoisotopic (exact) mass is 219 g/mol. The Balaban J connectivity index is 4.13. The van der Waals surface area contributed by atoms with Crippen LogP contribution in [0.2, 0.25) is 0 Å². The maximum Gasteiger partial charge on any atom is 0.407 e. The molecule has 3 N–H and O–H groups in total. The standard InChI is InChI=1S/C9H17NO5/c1-5(6(11)7(12)13)10-8(14)15-9(2,3)4/h5-6,11H,1-4H3,(H,10,14)(H,12,13)/t5-,6-/m1/s1. The Morgan fingerprint density at radius 1 is 1.33 bits per heavy atom. The highest BCUT2D eigenvalue weighted by Crippen LogP contribution is 2.07. The summed E-state index contributed by atoms with van der Waals surface area (Å²) in [5.74, 6) is -1.39. The van der Waals surface area contributed by atoms with Crippen molar-refractivity contribution in [1.82, 2.24) is 5.32 Å². The number of carboxylic acid groups (broad SMARTS) is 1. The second-order valence-electron chi connectivity index (χ2n) is 4.22. The molecule has 0 bridgehead atoms. The number of ether oxygens (including phenoxy) is 1. The van der Waals surface area contributed by atoms with Gasteiger partial charge in [-0.3, -0.25) is 0 Å². The van der Waals surface area contributed by atoms with Crippen molar-refractivity contribution in [2.75, 3.05) is 0 Å². The van der Waals surface area contributed by atoms with Gasteiger partial charge in [0.2, 0.25) is 0 Å². The van der Waals surface area contributed by atoms with Crippen molar-refractivity contribution in [2.24, 2.45) is 0 Å². The molecule has 0 unspecified atom stereocenters. The number of amides is 1. The van der Waals surface area contributed by atoms with E-state index in [2.05, 4.69) is 5.32 Å². The van der Waals surface area contributed by atoms with Gasteiger partial charge in [-0.2, -0.15) is 0 Å². The van der Waals surface area contributed by atoms with Crippen LogP contribution in [0.4, 0.5) is 4.79 Å². The zero-order valence-corrected chi connectivity index (χ0v) is 9.27. The highest BCUT2D eigenvalue weighted by atomic mass is 16.6. The summed E-state index contributed by atoms with van der Waals surface area (Å²) >= 11 is 0. The second-order valence-corrected chi connectivity index (χ2v) is 4.22. The number of hydrogen-bond acceptors (Lipinski definition) is 4. The molecule has 0 aliphatic carbocycles. The van der Waals surface area contributed by atoms with Gasteiger partial charge in [0.25, 0.3) is 0 Å². The molecule has 15 heavy (non-hydrogen) atoms. The summed E-state index contributed by atoms with van der Waals surface area (Å²) in [6.45, 7) is 6.43. The summed E-state index contributed by atoms with van der Waals surface area (Å²) in [5.41, 5.74) is -0.655. The van der Waals surface area contributed by atoms with E-state index >= 15 is 0 Å². The molecule has 88 valence electrons. The summed E-state index contributed by atoms with van der Waals surface area (Å²) in [5, 5.41) is 19.8. The molecular formula is C9H17NO5. The SMILES string of the molecule is C[C@@H](NC(=O)OC(C)(C)C)[C@@H](O)C(=O)O. The Morgan fingerprint density at radius 2 is 1.80 bits per heavy atom. The lowest BCUT2D eigenvalue weighted by molar-refractivity contribution is -0.147. The largest absolute Gasteiger partial charge is 0.479 e. The number of carbonyl (C=O) groups excluding carboxylic acids is 1. The number of aliphatic carboxylic acids is 1. The van der Waals surface area contributed by atoms with E-state index in [9.17, 15) is 9.59 Å². The Morgan fingerprint density at radius 3 is 2.13 bits per heavy atom. The van der Waals surface area contributed by atoms with Gasteiger partial charge in [0.05, 0.1) is 6.04 Å². The van der Waals surface area contributed by atoms with Gasteiger partial charge in [0.1, 0.15) is 5.60 Å². The van der Waals surface area contributed by atoms with E-state index in [4.69, 9.17) is 14.9 Å². The molecule has 0 saturated heterocycles. The molecule has 0 spiro atoms. The molecule has 1 amide bonds. The molecule has 6 nitrogen and oxygen atoms in total. The van der Waals surface area contributed by atoms with Crippen LogP contribution < -0.4 is 5.32 Å². The van der Waals surface area contributed by atoms with E-state index < -0.39 is 29.8 Å². The fourth-order valence-corrected chi connectivity index (χ4v) is 0.786. The van der Waals surface area contributed by atoms with Gasteiger partial charge in [-0.15, -0.1) is 0 Å². The third kappa shape index (κ3) is 5.90. The van der Waals surface area contributed by atoms with Gasteiger partial charge in [0.15, 0.2) is 6.10 Å². The zero-order valence-electron chi connectivity index (χ0n) is 9.27. The Labute approximate surface area is 88.2 Å². The molecule has 6 heteroatoms. The predicted octanol–water partition coefficient (Wildman–Crippen LogP) is 0.345. The first-order chi connectivity index (χ1) is 6.63. The Kier molecular flexibility index (Phi) is 4.54. The maximum atomic E-state index is 11.2. The van der Waals surface area contributed by atoms with Gasteiger partial charge in [0, 0.05) is 0 Å². The lowest BCUT2D eigenvalue weighted by Gasteiger charge is -2.22. The summed E-state index contributed by atoms with van der Waals surface area (Å²) in [6.07, 6.45) is -2.40. The Hall–Kier alpha value is -1.30. The van der Waals surface area contributed by atoms with E-state index in [0.717, 1.165) is 0 Å². The molecule has 0 rings (SSSR count). The van der Waals surface area contributed by atoms with Gasteiger partial charge in [-0.25, -0.2) is 9.59 Å². The molecule has 0 fully saturated rings. The van der Waals surface area contributed by atoms with Crippen molar-refractivity contribution >= 4 is 12.1 Å². The van der Waals surface area contributed by atoms with Crippen molar-refractivity contribution in [2.45, 2.75) is 45.4 Å². The first-order valence-electron chi connectivity index (χ1n) is 4.54. The number of rotatable bonds is 3. The van der Waals surface area contributed by atoms with E-state index in [1.807, 2.05) is 0 Å². The average molecular weight is 219 g/mol. The number of aliphatic hydroxyl groups is 1. The lowest BCUT2D eigenvalue weighted by Crippen LogP contribution is -2.46. The number of alkyl carbamates (subject to hydrolysis) is 1. The summed E-state index contributed by atoms with van der Waals surface area (Å²) in [4.78, 5) is 21.5. The average Bonchev–Trinajstić information content (AvgIpc) is 1.98. The topological polar surface area (TPSA) is 95.9 Å². The van der Waals surface area contributed by atoms with Gasteiger partial charge in [-0.05, 0) is 27.7 Å². The van der Waals surface area contributed by atoms with Gasteiger partial charge >= 0.3 is 12.1 Å². The van der Waals surface area contributed by atoms with E-state index in [1.54, 1.807) is 20.8 Å². The molecule has 0 heterocycles. The number of nitrogens with one attached hydrogen (secondary N) is 1. The van der Waals surface area contributed by atoms with Crippen LogP contribution >= 0.6 is 0 Å². The second kappa shape index (κ2) is 4.97. The van der Waals surface area contributed by atoms with Crippen molar-refractivity contribution in [1.29, 1.82) is 0 Å². The molecule has 0 aromatic rings. The highest BCUT2D eigenvalue weighted by molar-refractivity contribution is 5.75. The summed E-state index contributed by atoms with van der Waals surface area (Å²) in [7, 11) is 0. The smallest absolute Gasteiger partial charge is 0.407 e. The minimum absolute atomic E-state index is 0.655. The maximum absolute atomic E-state index is 11.2. The number of hydrogen-bond donors (Lipinski definition) is 3. The van der Waals surface area contributed by atoms with Crippen LogP contribution in [0.25, 0.3) is 0 Å². The van der Waals surface area contributed by atoms with Crippen LogP contribution in [-0.2, 0) is 9.53 Å². The van der Waals surface area contributed by atoms with Crippen LogP contribution in [0, 0.1) is 0 Å². The molecule has 0 radical (unpaired) electrons. The number of carbonyl (C=O) groups is 2. The number of carboxylic acids is 1. The first kappa shape index (κ1) is 13.7. The van der Waals surface area contributed by atoms with Crippen molar-refractivity contribution < 1.29 is 24.5 Å². The van der Waals surface area contributed by atoms with Crippen LogP contribution in [0.1, 0.15) is 27.7 Å². The minimum Gasteiger partial charge on any atom is -0.479 e. The van der Waals surface area contributed by atoms with E-state index in [1.165, 1.54) is 6.92 Å². The Bertz CT molecular complexity index is 245. The number of aliphatic hydroxyl groups excluding tert-OH is 1. The van der Waals surface area contributed by atoms with Crippen molar-refractivity contribution in [3.8, 4) is 0 Å². The molecule has 0 aromatic heterocycles. The highest BCUT2D eigenvalue weighted by Gasteiger charge is 2.25. The van der Waals surface area contributed by atoms with Crippen LogP contribution in [0.3, 0.4) is 0 Å². The van der Waals surface area contributed by atoms with Crippen LogP contribution in [-0.4, -0.2) is 40.0 Å². The molecular weight excluding hydrogens is 202 g/mol. The quantitative estimate of drug-likeness (QED) is 0.636. The zero-order chi connectivity index (χ0) is 12.2. The van der Waals surface area contributed by atoms with Crippen molar-refractivity contribution in [3.05, 3.63) is 0 Å². The van der Waals surface area contributed by atoms with E-state index in [-0.39, 0.29) is 0 Å². The molecule has 0 saturated carbocycles. The molecule has 0 aliphatic heterocycles. The lowest BCUT2D eigenvalue weighted by atomic mass is 10.2. The first-order valence-corrected chi connectivity index (χ1v) is 4.54. The third-order valence-electron chi connectivity index (χ3n) is 1.47. The minimum atomic E-state index is -1.64. The fraction of sp³-hybridized carbons (Fsp3) is 0.778. The predicted molar refractivity (Wildman–Crippen MR) is 52.5 cm³/mol.